The van der Waals surface area contributed by atoms with Crippen LogP contribution in [0.25, 0.3) is 22.2 Å². The van der Waals surface area contributed by atoms with Crippen LogP contribution < -0.4 is 10.1 Å². The Hall–Kier alpha value is -3.65. The molecule has 0 saturated heterocycles. The minimum atomic E-state index is -1.30. The van der Waals surface area contributed by atoms with Gasteiger partial charge in [0.1, 0.15) is 23.7 Å². The Bertz CT molecular complexity index is 1350. The summed E-state index contributed by atoms with van der Waals surface area (Å²) < 4.78 is 21.9. The number of fused-ring (bicyclic) bond motifs is 1. The summed E-state index contributed by atoms with van der Waals surface area (Å²) in [5.74, 6) is -0.765. The molecule has 33 heavy (non-hydrogen) atoms. The normalized spacial score (nSPS) is 11.1. The minimum absolute atomic E-state index is 0.327. The van der Waals surface area contributed by atoms with Crippen molar-refractivity contribution in [3.05, 3.63) is 70.4 Å². The second-order valence-electron chi connectivity index (χ2n) is 7.62. The number of carbonyl (C=O) groups is 1. The van der Waals surface area contributed by atoms with Crippen molar-refractivity contribution < 1.29 is 19.0 Å². The molecule has 0 aliphatic carbocycles. The maximum Gasteiger partial charge on any atom is 0.338 e. The Balaban J connectivity index is 1.54. The largest absolute Gasteiger partial charge is 0.496 e. The number of rotatable bonds is 7. The first kappa shape index (κ1) is 22.5. The van der Waals surface area contributed by atoms with Gasteiger partial charge in [-0.05, 0) is 49.7 Å². The summed E-state index contributed by atoms with van der Waals surface area (Å²) in [6, 6.07) is 10.2. The van der Waals surface area contributed by atoms with E-state index in [-0.39, 0.29) is 5.56 Å². The Morgan fingerprint density at radius 2 is 2.00 bits per heavy atom. The number of halogens is 2. The lowest BCUT2D eigenvalue weighted by Gasteiger charge is -2.12. The number of aromatic nitrogens is 3. The zero-order chi connectivity index (χ0) is 23.7. The average Bonchev–Trinajstić information content (AvgIpc) is 3.10. The quantitative estimate of drug-likeness (QED) is 0.381. The molecule has 0 amide bonds. The SMILES string of the molecule is COc1ccc(Cl)c2c1cc(C)n2CCNc1cc(-c2cc(C)c(C(=O)O)c(F)c2)ncn1. The molecule has 2 aromatic heterocycles. The Morgan fingerprint density at radius 3 is 2.70 bits per heavy atom. The number of hydrogen-bond acceptors (Lipinski definition) is 5. The van der Waals surface area contributed by atoms with Gasteiger partial charge in [0, 0.05) is 35.8 Å². The number of nitrogens with one attached hydrogen (secondary N) is 1. The molecular weight excluding hydrogens is 447 g/mol. The highest BCUT2D eigenvalue weighted by molar-refractivity contribution is 6.35. The summed E-state index contributed by atoms with van der Waals surface area (Å²) in [7, 11) is 1.63. The third-order valence-corrected chi connectivity index (χ3v) is 5.81. The third-order valence-electron chi connectivity index (χ3n) is 5.50. The van der Waals surface area contributed by atoms with Gasteiger partial charge in [0.2, 0.25) is 0 Å². The topological polar surface area (TPSA) is 89.3 Å². The molecule has 2 aromatic carbocycles. The Labute approximate surface area is 194 Å². The number of methoxy groups -OCH3 is 1. The van der Waals surface area contributed by atoms with E-state index in [1.807, 2.05) is 25.1 Å². The van der Waals surface area contributed by atoms with Crippen LogP contribution in [0.5, 0.6) is 5.75 Å². The van der Waals surface area contributed by atoms with Crippen molar-refractivity contribution in [2.24, 2.45) is 0 Å². The molecule has 4 rings (SSSR count). The first-order valence-electron chi connectivity index (χ1n) is 10.2. The molecule has 2 heterocycles. The molecule has 0 atom stereocenters. The van der Waals surface area contributed by atoms with Crippen LogP contribution >= 0.6 is 11.6 Å². The first-order chi connectivity index (χ1) is 15.8. The molecule has 0 unspecified atom stereocenters. The van der Waals surface area contributed by atoms with E-state index < -0.39 is 11.8 Å². The van der Waals surface area contributed by atoms with E-state index in [0.29, 0.717) is 40.8 Å². The summed E-state index contributed by atoms with van der Waals surface area (Å²) in [5, 5.41) is 14.0. The molecule has 2 N–H and O–H groups in total. The van der Waals surface area contributed by atoms with E-state index in [4.69, 9.17) is 21.4 Å². The Morgan fingerprint density at radius 1 is 1.21 bits per heavy atom. The van der Waals surface area contributed by atoms with Crippen molar-refractivity contribution in [1.29, 1.82) is 0 Å². The monoisotopic (exact) mass is 468 g/mol. The van der Waals surface area contributed by atoms with Gasteiger partial charge in [0.25, 0.3) is 0 Å². The molecule has 0 radical (unpaired) electrons. The van der Waals surface area contributed by atoms with Gasteiger partial charge < -0.3 is 19.7 Å². The second kappa shape index (κ2) is 9.07. The molecule has 7 nitrogen and oxygen atoms in total. The lowest BCUT2D eigenvalue weighted by atomic mass is 10.0. The average molecular weight is 469 g/mol. The summed E-state index contributed by atoms with van der Waals surface area (Å²) in [5.41, 5.74) is 2.91. The summed E-state index contributed by atoms with van der Waals surface area (Å²) in [4.78, 5) is 19.7. The molecule has 9 heteroatoms. The summed E-state index contributed by atoms with van der Waals surface area (Å²) in [6.07, 6.45) is 1.38. The van der Waals surface area contributed by atoms with Gasteiger partial charge in [-0.15, -0.1) is 0 Å². The predicted molar refractivity (Wildman–Crippen MR) is 126 cm³/mol. The van der Waals surface area contributed by atoms with Crippen LogP contribution in [0, 0.1) is 19.7 Å². The van der Waals surface area contributed by atoms with E-state index in [9.17, 15) is 9.18 Å². The highest BCUT2D eigenvalue weighted by atomic mass is 35.5. The smallest absolute Gasteiger partial charge is 0.338 e. The number of carboxylic acid groups (broad SMARTS) is 1. The minimum Gasteiger partial charge on any atom is -0.496 e. The van der Waals surface area contributed by atoms with Gasteiger partial charge in [-0.1, -0.05) is 11.6 Å². The number of aromatic carboxylic acids is 1. The maximum atomic E-state index is 14.3. The first-order valence-corrected chi connectivity index (χ1v) is 10.6. The highest BCUT2D eigenvalue weighted by Gasteiger charge is 2.16. The number of ether oxygens (including phenoxy) is 1. The number of aryl methyl sites for hydroxylation is 2. The molecule has 0 aliphatic rings. The number of anilines is 1. The van der Waals surface area contributed by atoms with Gasteiger partial charge in [-0.25, -0.2) is 19.2 Å². The molecule has 0 saturated carbocycles. The molecular formula is C24H22ClFN4O3. The van der Waals surface area contributed by atoms with Crippen molar-refractivity contribution in [3.63, 3.8) is 0 Å². The van der Waals surface area contributed by atoms with E-state index in [0.717, 1.165) is 22.3 Å². The Kier molecular flexibility index (Phi) is 6.20. The lowest BCUT2D eigenvalue weighted by molar-refractivity contribution is 0.0691. The molecule has 170 valence electrons. The van der Waals surface area contributed by atoms with Crippen LogP contribution in [0.2, 0.25) is 5.02 Å². The number of carboxylic acids is 1. The predicted octanol–water partition coefficient (Wildman–Crippen LogP) is 5.33. The van der Waals surface area contributed by atoms with Gasteiger partial charge in [0.05, 0.1) is 28.9 Å². The van der Waals surface area contributed by atoms with Gasteiger partial charge >= 0.3 is 5.97 Å². The molecule has 0 fully saturated rings. The third kappa shape index (κ3) is 4.34. The highest BCUT2D eigenvalue weighted by Crippen LogP contribution is 2.34. The number of hydrogen-bond donors (Lipinski definition) is 2. The van der Waals surface area contributed by atoms with Crippen molar-refractivity contribution >= 4 is 34.3 Å². The van der Waals surface area contributed by atoms with Crippen LogP contribution in [0.4, 0.5) is 10.2 Å². The fourth-order valence-corrected chi connectivity index (χ4v) is 4.24. The van der Waals surface area contributed by atoms with Crippen LogP contribution in [-0.2, 0) is 6.54 Å². The van der Waals surface area contributed by atoms with Crippen molar-refractivity contribution in [2.45, 2.75) is 20.4 Å². The van der Waals surface area contributed by atoms with Gasteiger partial charge in [-0.2, -0.15) is 0 Å². The summed E-state index contributed by atoms with van der Waals surface area (Å²) in [6.45, 7) is 4.75. The van der Waals surface area contributed by atoms with Gasteiger partial charge in [-0.3, -0.25) is 0 Å². The fourth-order valence-electron chi connectivity index (χ4n) is 3.98. The van der Waals surface area contributed by atoms with Crippen molar-refractivity contribution in [3.8, 4) is 17.0 Å². The lowest BCUT2D eigenvalue weighted by Crippen LogP contribution is -2.12. The van der Waals surface area contributed by atoms with Crippen LogP contribution in [0.3, 0.4) is 0 Å². The van der Waals surface area contributed by atoms with E-state index >= 15 is 0 Å². The number of nitrogens with zero attached hydrogens (tertiary/aromatic N) is 3. The van der Waals surface area contributed by atoms with E-state index in [2.05, 4.69) is 19.9 Å². The molecule has 0 aliphatic heterocycles. The van der Waals surface area contributed by atoms with Crippen molar-refractivity contribution in [1.82, 2.24) is 14.5 Å². The summed E-state index contributed by atoms with van der Waals surface area (Å²) >= 11 is 6.46. The van der Waals surface area contributed by atoms with Gasteiger partial charge in [0.15, 0.2) is 0 Å². The molecule has 0 bridgehead atoms. The zero-order valence-electron chi connectivity index (χ0n) is 18.3. The van der Waals surface area contributed by atoms with E-state index in [1.54, 1.807) is 26.2 Å². The maximum absolute atomic E-state index is 14.3. The van der Waals surface area contributed by atoms with Crippen LogP contribution in [-0.4, -0.2) is 39.3 Å². The zero-order valence-corrected chi connectivity index (χ0v) is 19.1. The fraction of sp³-hybridized carbons (Fsp3) is 0.208. The number of benzene rings is 2. The van der Waals surface area contributed by atoms with Crippen molar-refractivity contribution in [2.75, 3.05) is 19.0 Å². The molecule has 4 aromatic rings. The second-order valence-corrected chi connectivity index (χ2v) is 8.03. The standard InChI is InChI=1S/C24H22ClFN4O3/c1-13-8-15(10-18(26)22(13)24(31)32)19-11-21(29-12-28-19)27-6-7-30-14(2)9-16-20(33-3)5-4-17(25)23(16)30/h4-5,8-12H,6-7H2,1-3H3,(H,31,32)(H,27,28,29). The molecule has 0 spiro atoms. The van der Waals surface area contributed by atoms with Crippen LogP contribution in [0.15, 0.2) is 42.7 Å². The van der Waals surface area contributed by atoms with Crippen LogP contribution in [0.1, 0.15) is 21.6 Å². The van der Waals surface area contributed by atoms with E-state index in [1.165, 1.54) is 12.4 Å².